The van der Waals surface area contributed by atoms with Crippen molar-refractivity contribution < 1.29 is 14.6 Å². The zero-order valence-electron chi connectivity index (χ0n) is 12.6. The lowest BCUT2D eigenvalue weighted by Crippen LogP contribution is -2.44. The summed E-state index contributed by atoms with van der Waals surface area (Å²) in [6.45, 7) is 8.25. The first-order chi connectivity index (χ1) is 9.04. The number of rotatable bonds is 9. The van der Waals surface area contributed by atoms with Gasteiger partial charge in [0.2, 0.25) is 0 Å². The van der Waals surface area contributed by atoms with E-state index in [-0.39, 0.29) is 0 Å². The molecule has 1 fully saturated rings. The third-order valence-electron chi connectivity index (χ3n) is 3.88. The average Bonchev–Trinajstić information content (AvgIpc) is 2.86. The van der Waals surface area contributed by atoms with Crippen molar-refractivity contribution in [1.82, 2.24) is 4.90 Å². The number of nitrogens with zero attached hydrogens (tertiary/aromatic N) is 1. The minimum atomic E-state index is -0.839. The van der Waals surface area contributed by atoms with Gasteiger partial charge < -0.3 is 9.84 Å². The third kappa shape index (κ3) is 5.91. The molecule has 0 amide bonds. The molecule has 0 aliphatic heterocycles. The SMILES string of the molecule is CCOC(CN(CCC(C)C)C1CCCC1)C(=O)O. The number of hydrogen-bond acceptors (Lipinski definition) is 3. The molecule has 112 valence electrons. The lowest BCUT2D eigenvalue weighted by atomic mass is 10.1. The first-order valence-electron chi connectivity index (χ1n) is 7.63. The Kier molecular flexibility index (Phi) is 7.39. The number of carboxylic acids is 1. The van der Waals surface area contributed by atoms with Crippen LogP contribution in [0.15, 0.2) is 0 Å². The van der Waals surface area contributed by atoms with Gasteiger partial charge in [-0.25, -0.2) is 4.79 Å². The lowest BCUT2D eigenvalue weighted by molar-refractivity contribution is -0.151. The zero-order chi connectivity index (χ0) is 14.3. The molecular formula is C15H29NO3. The molecule has 0 bridgehead atoms. The predicted molar refractivity (Wildman–Crippen MR) is 76.3 cm³/mol. The van der Waals surface area contributed by atoms with Gasteiger partial charge in [0.15, 0.2) is 6.10 Å². The van der Waals surface area contributed by atoms with Crippen LogP contribution in [0.2, 0.25) is 0 Å². The Morgan fingerprint density at radius 2 is 2.00 bits per heavy atom. The fourth-order valence-electron chi connectivity index (χ4n) is 2.73. The second-order valence-corrected chi connectivity index (χ2v) is 5.90. The van der Waals surface area contributed by atoms with E-state index in [4.69, 9.17) is 4.74 Å². The summed E-state index contributed by atoms with van der Waals surface area (Å²) >= 11 is 0. The van der Waals surface area contributed by atoms with Gasteiger partial charge in [-0.15, -0.1) is 0 Å². The van der Waals surface area contributed by atoms with Crippen LogP contribution in [0.25, 0.3) is 0 Å². The van der Waals surface area contributed by atoms with Gasteiger partial charge in [0.25, 0.3) is 0 Å². The van der Waals surface area contributed by atoms with E-state index < -0.39 is 12.1 Å². The number of aliphatic carboxylic acids is 1. The maximum absolute atomic E-state index is 11.2. The molecule has 1 saturated carbocycles. The molecule has 1 unspecified atom stereocenters. The fourth-order valence-corrected chi connectivity index (χ4v) is 2.73. The van der Waals surface area contributed by atoms with Crippen LogP contribution in [0.3, 0.4) is 0 Å². The van der Waals surface area contributed by atoms with Gasteiger partial charge in [-0.1, -0.05) is 26.7 Å². The highest BCUT2D eigenvalue weighted by Crippen LogP contribution is 2.24. The molecule has 1 N–H and O–H groups in total. The fraction of sp³-hybridized carbons (Fsp3) is 0.933. The third-order valence-corrected chi connectivity index (χ3v) is 3.88. The summed E-state index contributed by atoms with van der Waals surface area (Å²) in [5.41, 5.74) is 0. The quantitative estimate of drug-likeness (QED) is 0.700. The van der Waals surface area contributed by atoms with Crippen molar-refractivity contribution in [3.05, 3.63) is 0 Å². The topological polar surface area (TPSA) is 49.8 Å². The Labute approximate surface area is 117 Å². The zero-order valence-corrected chi connectivity index (χ0v) is 12.6. The van der Waals surface area contributed by atoms with Gasteiger partial charge in [-0.3, -0.25) is 4.90 Å². The molecule has 0 aromatic heterocycles. The van der Waals surface area contributed by atoms with Crippen molar-refractivity contribution in [2.24, 2.45) is 5.92 Å². The van der Waals surface area contributed by atoms with Crippen molar-refractivity contribution in [2.75, 3.05) is 19.7 Å². The molecule has 19 heavy (non-hydrogen) atoms. The van der Waals surface area contributed by atoms with Crippen LogP contribution in [-0.4, -0.2) is 47.8 Å². The Morgan fingerprint density at radius 1 is 1.37 bits per heavy atom. The molecular weight excluding hydrogens is 242 g/mol. The van der Waals surface area contributed by atoms with E-state index in [1.807, 2.05) is 6.92 Å². The van der Waals surface area contributed by atoms with E-state index in [2.05, 4.69) is 18.7 Å². The molecule has 0 spiro atoms. The number of carboxylic acid groups (broad SMARTS) is 1. The number of ether oxygens (including phenoxy) is 1. The summed E-state index contributed by atoms with van der Waals surface area (Å²) in [7, 11) is 0. The normalized spacial score (nSPS) is 18.4. The van der Waals surface area contributed by atoms with Gasteiger partial charge in [-0.2, -0.15) is 0 Å². The standard InChI is InChI=1S/C15H29NO3/c1-4-19-14(15(17)18)11-16(10-9-12(2)3)13-7-5-6-8-13/h12-14H,4-11H2,1-3H3,(H,17,18). The molecule has 0 aromatic carbocycles. The van der Waals surface area contributed by atoms with Crippen LogP contribution in [0.4, 0.5) is 0 Å². The summed E-state index contributed by atoms with van der Waals surface area (Å²) in [6.07, 6.45) is 5.39. The molecule has 1 aliphatic rings. The summed E-state index contributed by atoms with van der Waals surface area (Å²) in [6, 6.07) is 0.557. The molecule has 0 saturated heterocycles. The van der Waals surface area contributed by atoms with Crippen LogP contribution < -0.4 is 0 Å². The van der Waals surface area contributed by atoms with Crippen LogP contribution in [0.1, 0.15) is 52.9 Å². The summed E-state index contributed by atoms with van der Waals surface area (Å²) in [5.74, 6) is -0.186. The Morgan fingerprint density at radius 3 is 2.47 bits per heavy atom. The van der Waals surface area contributed by atoms with E-state index in [1.54, 1.807) is 0 Å². The van der Waals surface area contributed by atoms with E-state index in [0.717, 1.165) is 13.0 Å². The Bertz CT molecular complexity index is 262. The molecule has 0 aromatic rings. The van der Waals surface area contributed by atoms with Crippen LogP contribution >= 0.6 is 0 Å². The molecule has 1 aliphatic carbocycles. The van der Waals surface area contributed by atoms with E-state index >= 15 is 0 Å². The van der Waals surface area contributed by atoms with Crippen molar-refractivity contribution in [3.8, 4) is 0 Å². The second kappa shape index (κ2) is 8.54. The maximum atomic E-state index is 11.2. The summed E-state index contributed by atoms with van der Waals surface area (Å²) in [5, 5.41) is 9.22. The molecule has 4 heteroatoms. The Hall–Kier alpha value is -0.610. The molecule has 1 rings (SSSR count). The monoisotopic (exact) mass is 271 g/mol. The highest BCUT2D eigenvalue weighted by Gasteiger charge is 2.28. The molecule has 1 atom stereocenters. The second-order valence-electron chi connectivity index (χ2n) is 5.90. The minimum Gasteiger partial charge on any atom is -0.479 e. The van der Waals surface area contributed by atoms with Crippen molar-refractivity contribution >= 4 is 5.97 Å². The number of carbonyl (C=O) groups is 1. The van der Waals surface area contributed by atoms with Gasteiger partial charge in [0.1, 0.15) is 0 Å². The predicted octanol–water partition coefficient (Wildman–Crippen LogP) is 2.77. The van der Waals surface area contributed by atoms with Gasteiger partial charge in [0, 0.05) is 19.2 Å². The highest BCUT2D eigenvalue weighted by atomic mass is 16.5. The van der Waals surface area contributed by atoms with Crippen molar-refractivity contribution in [2.45, 2.75) is 65.0 Å². The number of hydrogen-bond donors (Lipinski definition) is 1. The van der Waals surface area contributed by atoms with Crippen LogP contribution in [0, 0.1) is 5.92 Å². The average molecular weight is 271 g/mol. The molecule has 0 radical (unpaired) electrons. The van der Waals surface area contributed by atoms with E-state index in [1.165, 1.54) is 25.7 Å². The minimum absolute atomic E-state index is 0.458. The van der Waals surface area contributed by atoms with Crippen LogP contribution in [-0.2, 0) is 9.53 Å². The summed E-state index contributed by atoms with van der Waals surface area (Å²) < 4.78 is 5.36. The molecule has 0 heterocycles. The highest BCUT2D eigenvalue weighted by molar-refractivity contribution is 5.72. The van der Waals surface area contributed by atoms with Gasteiger partial charge in [-0.05, 0) is 38.6 Å². The van der Waals surface area contributed by atoms with Crippen molar-refractivity contribution in [3.63, 3.8) is 0 Å². The lowest BCUT2D eigenvalue weighted by Gasteiger charge is -2.31. The smallest absolute Gasteiger partial charge is 0.334 e. The van der Waals surface area contributed by atoms with Gasteiger partial charge in [0.05, 0.1) is 0 Å². The molecule has 4 nitrogen and oxygen atoms in total. The van der Waals surface area contributed by atoms with Gasteiger partial charge >= 0.3 is 5.97 Å². The largest absolute Gasteiger partial charge is 0.479 e. The Balaban J connectivity index is 2.57. The first kappa shape index (κ1) is 16.4. The van der Waals surface area contributed by atoms with E-state index in [0.29, 0.717) is 25.1 Å². The maximum Gasteiger partial charge on any atom is 0.334 e. The van der Waals surface area contributed by atoms with Crippen molar-refractivity contribution in [1.29, 1.82) is 0 Å². The summed E-state index contributed by atoms with van der Waals surface area (Å²) in [4.78, 5) is 13.6. The first-order valence-corrected chi connectivity index (χ1v) is 7.63. The van der Waals surface area contributed by atoms with E-state index in [9.17, 15) is 9.90 Å². The van der Waals surface area contributed by atoms with Crippen LogP contribution in [0.5, 0.6) is 0 Å².